The highest BCUT2D eigenvalue weighted by atomic mass is 15.2. The Hall–Kier alpha value is -2.17. The highest BCUT2D eigenvalue weighted by Gasteiger charge is 2.13. The molecule has 0 aliphatic rings. The van der Waals surface area contributed by atoms with Crippen LogP contribution in [0.3, 0.4) is 0 Å². The average molecular weight is 271 g/mol. The number of rotatable bonds is 5. The average Bonchev–Trinajstić information content (AvgIpc) is 2.44. The van der Waals surface area contributed by atoms with Crippen LogP contribution in [0.4, 0.5) is 11.6 Å². The van der Waals surface area contributed by atoms with E-state index in [4.69, 9.17) is 5.73 Å². The molecule has 2 aromatic heterocycles. The first-order valence-corrected chi connectivity index (χ1v) is 6.85. The topological polar surface area (TPSA) is 67.9 Å². The predicted octanol–water partition coefficient (Wildman–Crippen LogP) is 2.35. The van der Waals surface area contributed by atoms with Crippen molar-refractivity contribution >= 4 is 11.6 Å². The molecule has 0 saturated carbocycles. The van der Waals surface area contributed by atoms with Crippen LogP contribution in [-0.4, -0.2) is 22.0 Å². The molecule has 106 valence electrons. The Bertz CT molecular complexity index is 568. The first-order valence-electron chi connectivity index (χ1n) is 6.85. The Morgan fingerprint density at radius 3 is 2.70 bits per heavy atom. The molecule has 0 saturated heterocycles. The summed E-state index contributed by atoms with van der Waals surface area (Å²) in [7, 11) is 2.00. The van der Waals surface area contributed by atoms with E-state index >= 15 is 0 Å². The minimum atomic E-state index is 0.561. The molecule has 2 rings (SSSR count). The van der Waals surface area contributed by atoms with Crippen LogP contribution in [0.25, 0.3) is 0 Å². The highest BCUT2D eigenvalue weighted by Crippen LogP contribution is 2.22. The van der Waals surface area contributed by atoms with E-state index in [0.717, 1.165) is 35.7 Å². The Labute approximate surface area is 119 Å². The fraction of sp³-hybridized carbons (Fsp3) is 0.400. The fourth-order valence-electron chi connectivity index (χ4n) is 2.09. The SMILES string of the molecule is CCCc1nc(N)c(C)c(N(C)Cc2ccccn2)n1. The number of hydrogen-bond donors (Lipinski definition) is 1. The van der Waals surface area contributed by atoms with Gasteiger partial charge in [0.15, 0.2) is 0 Å². The summed E-state index contributed by atoms with van der Waals surface area (Å²) in [5.41, 5.74) is 7.91. The molecule has 2 aromatic rings. The van der Waals surface area contributed by atoms with Crippen LogP contribution < -0.4 is 10.6 Å². The van der Waals surface area contributed by atoms with Gasteiger partial charge in [-0.1, -0.05) is 13.0 Å². The molecule has 0 unspecified atom stereocenters. The molecule has 2 heterocycles. The number of aromatic nitrogens is 3. The molecule has 5 heteroatoms. The molecule has 0 aliphatic heterocycles. The third-order valence-electron chi connectivity index (χ3n) is 3.16. The van der Waals surface area contributed by atoms with Crippen molar-refractivity contribution < 1.29 is 0 Å². The first-order chi connectivity index (χ1) is 9.61. The maximum Gasteiger partial charge on any atom is 0.137 e. The van der Waals surface area contributed by atoms with Gasteiger partial charge in [-0.05, 0) is 25.5 Å². The van der Waals surface area contributed by atoms with Crippen molar-refractivity contribution in [2.24, 2.45) is 0 Å². The zero-order valence-electron chi connectivity index (χ0n) is 12.3. The lowest BCUT2D eigenvalue weighted by Gasteiger charge is -2.21. The quantitative estimate of drug-likeness (QED) is 0.904. The van der Waals surface area contributed by atoms with Gasteiger partial charge in [0.05, 0.1) is 12.2 Å². The molecule has 0 bridgehead atoms. The fourth-order valence-corrected chi connectivity index (χ4v) is 2.09. The minimum Gasteiger partial charge on any atom is -0.383 e. The van der Waals surface area contributed by atoms with Crippen LogP contribution in [0.2, 0.25) is 0 Å². The second-order valence-corrected chi connectivity index (χ2v) is 4.90. The number of anilines is 2. The summed E-state index contributed by atoms with van der Waals surface area (Å²) in [6.07, 6.45) is 3.65. The first kappa shape index (κ1) is 14.2. The zero-order chi connectivity index (χ0) is 14.5. The van der Waals surface area contributed by atoms with Gasteiger partial charge in [0.25, 0.3) is 0 Å². The molecular weight excluding hydrogens is 250 g/mol. The summed E-state index contributed by atoms with van der Waals surface area (Å²) in [4.78, 5) is 15.4. The molecule has 0 atom stereocenters. The predicted molar refractivity (Wildman–Crippen MR) is 81.5 cm³/mol. The molecule has 2 N–H and O–H groups in total. The smallest absolute Gasteiger partial charge is 0.137 e. The molecular formula is C15H21N5. The lowest BCUT2D eigenvalue weighted by molar-refractivity contribution is 0.802. The summed E-state index contributed by atoms with van der Waals surface area (Å²) in [6, 6.07) is 5.90. The molecule has 0 amide bonds. The van der Waals surface area contributed by atoms with E-state index in [-0.39, 0.29) is 0 Å². The number of nitrogens with two attached hydrogens (primary N) is 1. The van der Waals surface area contributed by atoms with E-state index in [9.17, 15) is 0 Å². The monoisotopic (exact) mass is 271 g/mol. The highest BCUT2D eigenvalue weighted by molar-refractivity contribution is 5.56. The number of aryl methyl sites for hydroxylation is 1. The van der Waals surface area contributed by atoms with Crippen molar-refractivity contribution in [1.82, 2.24) is 15.0 Å². The summed E-state index contributed by atoms with van der Waals surface area (Å²) < 4.78 is 0. The molecule has 0 aromatic carbocycles. The largest absolute Gasteiger partial charge is 0.383 e. The summed E-state index contributed by atoms with van der Waals surface area (Å²) in [5.74, 6) is 2.25. The van der Waals surface area contributed by atoms with Crippen LogP contribution in [0.1, 0.15) is 30.4 Å². The van der Waals surface area contributed by atoms with Crippen molar-refractivity contribution in [3.8, 4) is 0 Å². The van der Waals surface area contributed by atoms with Crippen LogP contribution in [0.5, 0.6) is 0 Å². The third-order valence-corrected chi connectivity index (χ3v) is 3.16. The molecule has 20 heavy (non-hydrogen) atoms. The number of pyridine rings is 1. The normalized spacial score (nSPS) is 10.6. The second-order valence-electron chi connectivity index (χ2n) is 4.90. The van der Waals surface area contributed by atoms with Gasteiger partial charge in [0.2, 0.25) is 0 Å². The Morgan fingerprint density at radius 1 is 1.25 bits per heavy atom. The van der Waals surface area contributed by atoms with Gasteiger partial charge in [-0.3, -0.25) is 4.98 Å². The Balaban J connectivity index is 2.26. The van der Waals surface area contributed by atoms with Gasteiger partial charge < -0.3 is 10.6 Å². The molecule has 0 aliphatic carbocycles. The van der Waals surface area contributed by atoms with Gasteiger partial charge in [0.1, 0.15) is 17.5 Å². The second kappa shape index (κ2) is 6.32. The van der Waals surface area contributed by atoms with E-state index in [1.807, 2.05) is 32.2 Å². The number of hydrogen-bond acceptors (Lipinski definition) is 5. The van der Waals surface area contributed by atoms with Crippen LogP contribution in [0, 0.1) is 6.92 Å². The van der Waals surface area contributed by atoms with E-state index in [1.165, 1.54) is 0 Å². The van der Waals surface area contributed by atoms with Crippen LogP contribution in [-0.2, 0) is 13.0 Å². The molecule has 0 spiro atoms. The van der Waals surface area contributed by atoms with Crippen molar-refractivity contribution in [2.75, 3.05) is 17.7 Å². The standard InChI is InChI=1S/C15H21N5/c1-4-7-13-18-14(16)11(2)15(19-13)20(3)10-12-8-5-6-9-17-12/h5-6,8-9H,4,7,10H2,1-3H3,(H2,16,18,19). The van der Waals surface area contributed by atoms with Crippen molar-refractivity contribution in [3.05, 3.63) is 41.5 Å². The lowest BCUT2D eigenvalue weighted by Crippen LogP contribution is -2.21. The third kappa shape index (κ3) is 3.23. The summed E-state index contributed by atoms with van der Waals surface area (Å²) in [6.45, 7) is 4.76. The van der Waals surface area contributed by atoms with Gasteiger partial charge >= 0.3 is 0 Å². The minimum absolute atomic E-state index is 0.561. The number of nitrogens with zero attached hydrogens (tertiary/aromatic N) is 4. The van der Waals surface area contributed by atoms with Crippen molar-refractivity contribution in [3.63, 3.8) is 0 Å². The lowest BCUT2D eigenvalue weighted by atomic mass is 10.2. The van der Waals surface area contributed by atoms with Gasteiger partial charge in [-0.25, -0.2) is 9.97 Å². The van der Waals surface area contributed by atoms with E-state index in [1.54, 1.807) is 6.20 Å². The Kier molecular flexibility index (Phi) is 4.50. The maximum atomic E-state index is 5.99. The van der Waals surface area contributed by atoms with Crippen molar-refractivity contribution in [2.45, 2.75) is 33.2 Å². The summed E-state index contributed by atoms with van der Waals surface area (Å²) >= 11 is 0. The van der Waals surface area contributed by atoms with E-state index in [0.29, 0.717) is 12.4 Å². The molecule has 0 fully saturated rings. The van der Waals surface area contributed by atoms with E-state index in [2.05, 4.69) is 26.8 Å². The maximum absolute atomic E-state index is 5.99. The van der Waals surface area contributed by atoms with E-state index < -0.39 is 0 Å². The molecule has 5 nitrogen and oxygen atoms in total. The van der Waals surface area contributed by atoms with Crippen LogP contribution >= 0.6 is 0 Å². The Morgan fingerprint density at radius 2 is 2.05 bits per heavy atom. The summed E-state index contributed by atoms with van der Waals surface area (Å²) in [5, 5.41) is 0. The number of nitrogen functional groups attached to an aromatic ring is 1. The van der Waals surface area contributed by atoms with Crippen LogP contribution in [0.15, 0.2) is 24.4 Å². The van der Waals surface area contributed by atoms with Gasteiger partial charge in [-0.15, -0.1) is 0 Å². The van der Waals surface area contributed by atoms with Crippen molar-refractivity contribution in [1.29, 1.82) is 0 Å². The zero-order valence-corrected chi connectivity index (χ0v) is 12.3. The molecule has 0 radical (unpaired) electrons. The van der Waals surface area contributed by atoms with Gasteiger partial charge in [0, 0.05) is 25.2 Å². The van der Waals surface area contributed by atoms with Gasteiger partial charge in [-0.2, -0.15) is 0 Å².